The molecule has 2 aliphatic rings. The van der Waals surface area contributed by atoms with Crippen LogP contribution in [-0.2, 0) is 4.74 Å². The summed E-state index contributed by atoms with van der Waals surface area (Å²) >= 11 is 0. The Morgan fingerprint density at radius 2 is 1.93 bits per heavy atom. The number of piperazine rings is 1. The van der Waals surface area contributed by atoms with Gasteiger partial charge in [-0.2, -0.15) is 0 Å². The van der Waals surface area contributed by atoms with Gasteiger partial charge < -0.3 is 24.4 Å². The molecular formula is C22H35N3O4. The number of aliphatic hydroxyl groups is 1. The smallest absolute Gasteiger partial charge is 0.410 e. The van der Waals surface area contributed by atoms with Gasteiger partial charge in [-0.25, -0.2) is 4.79 Å². The van der Waals surface area contributed by atoms with E-state index < -0.39 is 5.60 Å². The molecule has 162 valence electrons. The third-order valence-electron chi connectivity index (χ3n) is 5.28. The number of rotatable bonds is 5. The van der Waals surface area contributed by atoms with Gasteiger partial charge in [-0.3, -0.25) is 4.90 Å². The molecule has 0 radical (unpaired) electrons. The number of carbonyl (C=O) groups excluding carboxylic acids is 1. The van der Waals surface area contributed by atoms with Crippen molar-refractivity contribution in [2.45, 2.75) is 45.3 Å². The molecular weight excluding hydrogens is 370 g/mol. The van der Waals surface area contributed by atoms with E-state index >= 15 is 0 Å². The highest BCUT2D eigenvalue weighted by molar-refractivity contribution is 5.68. The quantitative estimate of drug-likeness (QED) is 0.812. The van der Waals surface area contributed by atoms with Crippen LogP contribution in [0.4, 0.5) is 10.5 Å². The highest BCUT2D eigenvalue weighted by Gasteiger charge is 2.25. The number of ether oxygens (including phenoxy) is 2. The molecule has 3 rings (SSSR count). The summed E-state index contributed by atoms with van der Waals surface area (Å²) in [5, 5.41) is 9.89. The van der Waals surface area contributed by atoms with Crippen LogP contribution in [0.1, 0.15) is 33.6 Å². The number of amides is 1. The van der Waals surface area contributed by atoms with Gasteiger partial charge in [-0.15, -0.1) is 0 Å². The first-order valence-corrected chi connectivity index (χ1v) is 10.7. The van der Waals surface area contributed by atoms with Gasteiger partial charge in [0.2, 0.25) is 0 Å². The molecule has 2 fully saturated rings. The molecule has 0 bridgehead atoms. The second kappa shape index (κ2) is 9.67. The molecule has 7 nitrogen and oxygen atoms in total. The van der Waals surface area contributed by atoms with Crippen molar-refractivity contribution in [1.82, 2.24) is 9.80 Å². The Labute approximate surface area is 174 Å². The summed E-state index contributed by atoms with van der Waals surface area (Å²) in [7, 11) is 0. The molecule has 1 atom stereocenters. The Bertz CT molecular complexity index is 668. The molecule has 1 aromatic carbocycles. The normalized spacial score (nSPS) is 21.2. The predicted molar refractivity (Wildman–Crippen MR) is 114 cm³/mol. The largest absolute Gasteiger partial charge is 0.492 e. The van der Waals surface area contributed by atoms with Gasteiger partial charge in [0.1, 0.15) is 18.0 Å². The number of benzene rings is 1. The van der Waals surface area contributed by atoms with E-state index in [0.29, 0.717) is 26.2 Å². The van der Waals surface area contributed by atoms with E-state index in [2.05, 4.69) is 21.9 Å². The average Bonchev–Trinajstić information content (AvgIpc) is 2.67. The summed E-state index contributed by atoms with van der Waals surface area (Å²) in [5.41, 5.74) is 0.648. The lowest BCUT2D eigenvalue weighted by molar-refractivity contribution is 0.0137. The first-order chi connectivity index (χ1) is 13.8. The standard InChI is InChI=1S/C22H35N3O4/c1-22(2,3)29-21(27)24-12-10-23(11-13-24)14-15-28-20-8-4-6-18(16-20)25-9-5-7-19(26)17-25/h4,6,8,16,19,26H,5,7,9-15,17H2,1-3H3. The predicted octanol–water partition coefficient (Wildman–Crippen LogP) is 2.58. The van der Waals surface area contributed by atoms with Crippen LogP contribution in [0, 0.1) is 0 Å². The number of piperidine rings is 1. The van der Waals surface area contributed by atoms with Crippen molar-refractivity contribution in [2.24, 2.45) is 0 Å². The second-order valence-corrected chi connectivity index (χ2v) is 8.90. The van der Waals surface area contributed by atoms with Crippen LogP contribution < -0.4 is 9.64 Å². The number of hydrogen-bond acceptors (Lipinski definition) is 6. The fraction of sp³-hybridized carbons (Fsp3) is 0.682. The second-order valence-electron chi connectivity index (χ2n) is 8.90. The third-order valence-corrected chi connectivity index (χ3v) is 5.28. The van der Waals surface area contributed by atoms with Gasteiger partial charge in [0.25, 0.3) is 0 Å². The molecule has 1 unspecified atom stereocenters. The van der Waals surface area contributed by atoms with Gasteiger partial charge in [-0.1, -0.05) is 6.07 Å². The molecule has 7 heteroatoms. The van der Waals surface area contributed by atoms with Crippen molar-refractivity contribution in [3.63, 3.8) is 0 Å². The first-order valence-electron chi connectivity index (χ1n) is 10.7. The van der Waals surface area contributed by atoms with E-state index in [9.17, 15) is 9.90 Å². The highest BCUT2D eigenvalue weighted by atomic mass is 16.6. The lowest BCUT2D eigenvalue weighted by Crippen LogP contribution is -2.50. The SMILES string of the molecule is CC(C)(C)OC(=O)N1CCN(CCOc2cccc(N3CCCC(O)C3)c2)CC1. The lowest BCUT2D eigenvalue weighted by Gasteiger charge is -2.35. The van der Waals surface area contributed by atoms with Crippen LogP contribution in [0.3, 0.4) is 0 Å². The number of nitrogens with zero attached hydrogens (tertiary/aromatic N) is 3. The van der Waals surface area contributed by atoms with Crippen LogP contribution in [0.15, 0.2) is 24.3 Å². The summed E-state index contributed by atoms with van der Waals surface area (Å²) in [6.45, 7) is 11.8. The van der Waals surface area contributed by atoms with Gasteiger partial charge in [0.15, 0.2) is 0 Å². The zero-order valence-corrected chi connectivity index (χ0v) is 18.0. The van der Waals surface area contributed by atoms with Crippen LogP contribution in [0.2, 0.25) is 0 Å². The van der Waals surface area contributed by atoms with Gasteiger partial charge in [-0.05, 0) is 45.7 Å². The Morgan fingerprint density at radius 1 is 1.17 bits per heavy atom. The highest BCUT2D eigenvalue weighted by Crippen LogP contribution is 2.24. The summed E-state index contributed by atoms with van der Waals surface area (Å²) in [4.78, 5) is 18.5. The summed E-state index contributed by atoms with van der Waals surface area (Å²) < 4.78 is 11.4. The average molecular weight is 406 g/mol. The van der Waals surface area contributed by atoms with E-state index in [1.165, 1.54) is 0 Å². The van der Waals surface area contributed by atoms with E-state index in [0.717, 1.165) is 50.5 Å². The first kappa shape index (κ1) is 21.7. The zero-order chi connectivity index (χ0) is 20.9. The minimum absolute atomic E-state index is 0.229. The number of hydrogen-bond donors (Lipinski definition) is 1. The minimum Gasteiger partial charge on any atom is -0.492 e. The number of anilines is 1. The fourth-order valence-corrected chi connectivity index (χ4v) is 3.73. The Balaban J connectivity index is 1.40. The van der Waals surface area contributed by atoms with Gasteiger partial charge in [0.05, 0.1) is 6.10 Å². The zero-order valence-electron chi connectivity index (χ0n) is 18.0. The number of aliphatic hydroxyl groups excluding tert-OH is 1. The van der Waals surface area contributed by atoms with Crippen molar-refractivity contribution in [1.29, 1.82) is 0 Å². The summed E-state index contributed by atoms with van der Waals surface area (Å²) in [5.74, 6) is 0.856. The maximum absolute atomic E-state index is 12.1. The fourth-order valence-electron chi connectivity index (χ4n) is 3.73. The number of β-amino-alcohol motifs (C(OH)–C–C–N with tert-alkyl or cyclic N) is 1. The van der Waals surface area contributed by atoms with Crippen LogP contribution in [-0.4, -0.2) is 85.1 Å². The van der Waals surface area contributed by atoms with Crippen molar-refractivity contribution in [2.75, 3.05) is 57.3 Å². The van der Waals surface area contributed by atoms with Crippen molar-refractivity contribution < 1.29 is 19.4 Å². The van der Waals surface area contributed by atoms with Crippen molar-refractivity contribution in [3.8, 4) is 5.75 Å². The summed E-state index contributed by atoms with van der Waals surface area (Å²) in [6, 6.07) is 8.11. The van der Waals surface area contributed by atoms with E-state index in [4.69, 9.17) is 9.47 Å². The molecule has 0 aliphatic carbocycles. The molecule has 1 aromatic rings. The van der Waals surface area contributed by atoms with E-state index in [1.54, 1.807) is 4.90 Å². The van der Waals surface area contributed by atoms with Crippen LogP contribution in [0.25, 0.3) is 0 Å². The lowest BCUT2D eigenvalue weighted by atomic mass is 10.1. The summed E-state index contributed by atoms with van der Waals surface area (Å²) in [6.07, 6.45) is 1.43. The maximum atomic E-state index is 12.1. The molecule has 2 heterocycles. The van der Waals surface area contributed by atoms with E-state index in [1.807, 2.05) is 32.9 Å². The van der Waals surface area contributed by atoms with Gasteiger partial charge in [0, 0.05) is 57.6 Å². The van der Waals surface area contributed by atoms with Crippen LogP contribution >= 0.6 is 0 Å². The van der Waals surface area contributed by atoms with Crippen LogP contribution in [0.5, 0.6) is 5.75 Å². The Kier molecular flexibility index (Phi) is 7.24. The molecule has 0 saturated carbocycles. The molecule has 0 spiro atoms. The molecule has 2 saturated heterocycles. The van der Waals surface area contributed by atoms with Crippen molar-refractivity contribution >= 4 is 11.8 Å². The molecule has 2 aliphatic heterocycles. The molecule has 0 aromatic heterocycles. The topological polar surface area (TPSA) is 65.5 Å². The maximum Gasteiger partial charge on any atom is 0.410 e. The molecule has 1 N–H and O–H groups in total. The Morgan fingerprint density at radius 3 is 2.62 bits per heavy atom. The Hall–Kier alpha value is -1.99. The number of carbonyl (C=O) groups is 1. The van der Waals surface area contributed by atoms with E-state index in [-0.39, 0.29) is 12.2 Å². The van der Waals surface area contributed by atoms with Gasteiger partial charge >= 0.3 is 6.09 Å². The molecule has 1 amide bonds. The minimum atomic E-state index is -0.455. The third kappa shape index (κ3) is 6.78. The monoisotopic (exact) mass is 405 g/mol. The van der Waals surface area contributed by atoms with Crippen molar-refractivity contribution in [3.05, 3.63) is 24.3 Å². The molecule has 29 heavy (non-hydrogen) atoms.